The summed E-state index contributed by atoms with van der Waals surface area (Å²) in [5.74, 6) is 0. The third-order valence-electron chi connectivity index (χ3n) is 3.40. The summed E-state index contributed by atoms with van der Waals surface area (Å²) >= 11 is 9.30. The third-order valence-corrected chi connectivity index (χ3v) is 10.2. The molecule has 0 aliphatic carbocycles. The Bertz CT molecular complexity index is 609. The van der Waals surface area contributed by atoms with E-state index in [1.165, 1.54) is 0 Å². The summed E-state index contributed by atoms with van der Waals surface area (Å²) in [4.78, 5) is 0. The minimum atomic E-state index is -2.79. The molecule has 0 bridgehead atoms. The molecule has 1 aromatic carbocycles. The number of rotatable bonds is 8. The molecule has 0 aromatic heterocycles. The molecule has 0 spiro atoms. The van der Waals surface area contributed by atoms with Crippen LogP contribution in [0.2, 0.25) is 0 Å². The van der Waals surface area contributed by atoms with Gasteiger partial charge >= 0.3 is 0 Å². The molecule has 138 valence electrons. The SMILES string of the molecule is CCOP(=S)(OCC)[C@@](C)(N[S@@](=O)C(C)(C)C)c1ccc(Br)cc1. The zero-order chi connectivity index (χ0) is 18.6. The van der Waals surface area contributed by atoms with E-state index in [4.69, 9.17) is 20.9 Å². The van der Waals surface area contributed by atoms with Gasteiger partial charge in [-0.25, -0.2) is 8.93 Å². The van der Waals surface area contributed by atoms with Gasteiger partial charge in [0.15, 0.2) is 0 Å². The highest BCUT2D eigenvalue weighted by Crippen LogP contribution is 2.64. The van der Waals surface area contributed by atoms with Crippen LogP contribution in [0.4, 0.5) is 0 Å². The second kappa shape index (κ2) is 8.85. The minimum Gasteiger partial charge on any atom is -0.328 e. The number of hydrogen-bond acceptors (Lipinski definition) is 4. The van der Waals surface area contributed by atoms with Crippen molar-refractivity contribution < 1.29 is 13.3 Å². The molecule has 1 rings (SSSR count). The maximum atomic E-state index is 12.8. The average Bonchev–Trinajstić information content (AvgIpc) is 2.47. The highest BCUT2D eigenvalue weighted by molar-refractivity contribution is 9.10. The van der Waals surface area contributed by atoms with Crippen LogP contribution in [0, 0.1) is 0 Å². The van der Waals surface area contributed by atoms with Gasteiger partial charge in [0.05, 0.1) is 28.9 Å². The van der Waals surface area contributed by atoms with Gasteiger partial charge < -0.3 is 9.05 Å². The van der Waals surface area contributed by atoms with Gasteiger partial charge in [0.2, 0.25) is 6.49 Å². The van der Waals surface area contributed by atoms with Crippen LogP contribution in [0.25, 0.3) is 0 Å². The first-order valence-electron chi connectivity index (χ1n) is 7.85. The predicted octanol–water partition coefficient (Wildman–Crippen LogP) is 5.06. The van der Waals surface area contributed by atoms with Crippen LogP contribution < -0.4 is 4.72 Å². The van der Waals surface area contributed by atoms with Crippen LogP contribution >= 0.6 is 22.4 Å². The lowest BCUT2D eigenvalue weighted by Crippen LogP contribution is -2.46. The summed E-state index contributed by atoms with van der Waals surface area (Å²) in [6.45, 7) is 9.55. The van der Waals surface area contributed by atoms with Gasteiger partial charge in [-0.05, 0) is 71.0 Å². The van der Waals surface area contributed by atoms with E-state index in [0.29, 0.717) is 13.2 Å². The lowest BCUT2D eigenvalue weighted by atomic mass is 10.1. The number of benzene rings is 1. The van der Waals surface area contributed by atoms with Crippen molar-refractivity contribution in [3.05, 3.63) is 34.3 Å². The standard InChI is InChI=1S/C16H27BrNO3PS2/c1-7-20-22(23,21-8-2)16(6,18-24(19)15(3,4)5)13-9-11-14(17)12-10-13/h9-12,18H,7-8H2,1-6H3/t16-,24+/m1/s1. The first kappa shape index (κ1) is 22.4. The summed E-state index contributed by atoms with van der Waals surface area (Å²) in [5.41, 5.74) is 0.897. The van der Waals surface area contributed by atoms with Crippen LogP contribution in [0.3, 0.4) is 0 Å². The summed E-state index contributed by atoms with van der Waals surface area (Å²) in [5, 5.41) is -0.868. The van der Waals surface area contributed by atoms with Crippen molar-refractivity contribution in [1.29, 1.82) is 0 Å². The minimum absolute atomic E-state index is 0.435. The van der Waals surface area contributed by atoms with Gasteiger partial charge in [-0.2, -0.15) is 0 Å². The molecule has 0 fully saturated rings. The van der Waals surface area contributed by atoms with Gasteiger partial charge in [0.1, 0.15) is 5.28 Å². The first-order valence-corrected chi connectivity index (χ1v) is 12.4. The molecule has 0 radical (unpaired) electrons. The summed E-state index contributed by atoms with van der Waals surface area (Å²) in [6.07, 6.45) is 0. The predicted molar refractivity (Wildman–Crippen MR) is 110 cm³/mol. The van der Waals surface area contributed by atoms with E-state index in [9.17, 15) is 4.21 Å². The van der Waals surface area contributed by atoms with E-state index >= 15 is 0 Å². The zero-order valence-electron chi connectivity index (χ0n) is 15.1. The smallest absolute Gasteiger partial charge is 0.214 e. The second-order valence-corrected chi connectivity index (χ2v) is 13.1. The summed E-state index contributed by atoms with van der Waals surface area (Å²) in [7, 11) is -1.33. The van der Waals surface area contributed by atoms with Crippen molar-refractivity contribution in [2.24, 2.45) is 0 Å². The molecule has 0 aliphatic heterocycles. The fourth-order valence-corrected chi connectivity index (χ4v) is 6.78. The fraction of sp³-hybridized carbons (Fsp3) is 0.625. The van der Waals surface area contributed by atoms with Crippen LogP contribution in [0.5, 0.6) is 0 Å². The molecule has 0 heterocycles. The highest BCUT2D eigenvalue weighted by atomic mass is 79.9. The Kier molecular flexibility index (Phi) is 8.27. The van der Waals surface area contributed by atoms with Gasteiger partial charge in [-0.1, -0.05) is 28.1 Å². The number of hydrogen-bond donors (Lipinski definition) is 1. The fourth-order valence-electron chi connectivity index (χ4n) is 2.02. The van der Waals surface area contributed by atoms with E-state index in [1.807, 2.05) is 65.8 Å². The normalized spacial score (nSPS) is 16.6. The first-order chi connectivity index (χ1) is 11.0. The van der Waals surface area contributed by atoms with E-state index in [0.717, 1.165) is 10.0 Å². The van der Waals surface area contributed by atoms with E-state index in [2.05, 4.69) is 20.7 Å². The van der Waals surface area contributed by atoms with Crippen molar-refractivity contribution in [1.82, 2.24) is 4.72 Å². The topological polar surface area (TPSA) is 47.6 Å². The van der Waals surface area contributed by atoms with Gasteiger partial charge in [-0.3, -0.25) is 0 Å². The Morgan fingerprint density at radius 1 is 1.12 bits per heavy atom. The van der Waals surface area contributed by atoms with Crippen LogP contribution in [-0.2, 0) is 37.1 Å². The summed E-state index contributed by atoms with van der Waals surface area (Å²) < 4.78 is 28.4. The van der Waals surface area contributed by atoms with Crippen molar-refractivity contribution in [3.63, 3.8) is 0 Å². The molecule has 2 atom stereocenters. The molecule has 0 unspecified atom stereocenters. The van der Waals surface area contributed by atoms with Gasteiger partial charge in [0, 0.05) is 4.47 Å². The molecule has 8 heteroatoms. The number of nitrogens with one attached hydrogen (secondary N) is 1. The average molecular weight is 456 g/mol. The van der Waals surface area contributed by atoms with Gasteiger partial charge in [0.25, 0.3) is 0 Å². The van der Waals surface area contributed by atoms with Crippen molar-refractivity contribution in [3.8, 4) is 0 Å². The van der Waals surface area contributed by atoms with E-state index in [-0.39, 0.29) is 0 Å². The Hall–Kier alpha value is 0.380. The van der Waals surface area contributed by atoms with Crippen molar-refractivity contribution >= 4 is 45.2 Å². The highest BCUT2D eigenvalue weighted by Gasteiger charge is 2.46. The zero-order valence-corrected chi connectivity index (χ0v) is 19.2. The molecular formula is C16H27BrNO3PS2. The van der Waals surface area contributed by atoms with E-state index in [1.54, 1.807) is 0 Å². The molecular weight excluding hydrogens is 429 g/mol. The van der Waals surface area contributed by atoms with Crippen molar-refractivity contribution in [2.45, 2.75) is 51.6 Å². The Labute approximate surface area is 162 Å². The summed E-state index contributed by atoms with van der Waals surface area (Å²) in [6, 6.07) is 7.78. The Morgan fingerprint density at radius 2 is 1.58 bits per heavy atom. The lowest BCUT2D eigenvalue weighted by Gasteiger charge is -2.41. The third kappa shape index (κ3) is 5.19. The Balaban J connectivity index is 3.46. The number of halogens is 1. The molecule has 1 aromatic rings. The molecule has 0 aliphatic rings. The molecule has 1 N–H and O–H groups in total. The van der Waals surface area contributed by atoms with Gasteiger partial charge in [-0.15, -0.1) is 0 Å². The van der Waals surface area contributed by atoms with Crippen molar-refractivity contribution in [2.75, 3.05) is 13.2 Å². The largest absolute Gasteiger partial charge is 0.328 e. The van der Waals surface area contributed by atoms with Crippen LogP contribution in [0.1, 0.15) is 47.1 Å². The van der Waals surface area contributed by atoms with Crippen LogP contribution in [0.15, 0.2) is 28.7 Å². The quantitative estimate of drug-likeness (QED) is 0.556. The molecule has 0 saturated carbocycles. The maximum Gasteiger partial charge on any atom is 0.214 e. The molecule has 24 heavy (non-hydrogen) atoms. The maximum absolute atomic E-state index is 12.8. The lowest BCUT2D eigenvalue weighted by molar-refractivity contribution is 0.243. The second-order valence-electron chi connectivity index (χ2n) is 6.40. The molecule has 0 amide bonds. The monoisotopic (exact) mass is 455 g/mol. The Morgan fingerprint density at radius 3 is 1.96 bits per heavy atom. The molecule has 4 nitrogen and oxygen atoms in total. The van der Waals surface area contributed by atoms with E-state index < -0.39 is 27.5 Å². The molecule has 0 saturated heterocycles. The van der Waals surface area contributed by atoms with Crippen LogP contribution in [-0.4, -0.2) is 22.2 Å².